The molecule has 0 bridgehead atoms. The first kappa shape index (κ1) is 21.7. The van der Waals surface area contributed by atoms with Crippen LogP contribution in [0.3, 0.4) is 0 Å². The second-order valence-electron chi connectivity index (χ2n) is 7.60. The number of ether oxygens (including phenoxy) is 2. The van der Waals surface area contributed by atoms with Crippen molar-refractivity contribution in [3.05, 3.63) is 102 Å². The Morgan fingerprint density at radius 3 is 1.72 bits per heavy atom. The fraction of sp³-hybridized carbons (Fsp3) is 0.111. The van der Waals surface area contributed by atoms with E-state index >= 15 is 0 Å². The lowest BCUT2D eigenvalue weighted by Gasteiger charge is -2.11. The van der Waals surface area contributed by atoms with Crippen molar-refractivity contribution in [1.82, 2.24) is 0 Å². The molecule has 4 aromatic carbocycles. The van der Waals surface area contributed by atoms with E-state index in [1.165, 1.54) is 0 Å². The van der Waals surface area contributed by atoms with E-state index in [0.717, 1.165) is 28.0 Å². The molecular formula is C27H24O4S. The van der Waals surface area contributed by atoms with Gasteiger partial charge in [-0.3, -0.25) is 0 Å². The van der Waals surface area contributed by atoms with Gasteiger partial charge in [0.2, 0.25) is 9.84 Å². The van der Waals surface area contributed by atoms with Crippen molar-refractivity contribution in [1.29, 1.82) is 0 Å². The molecule has 0 aliphatic rings. The first-order valence-electron chi connectivity index (χ1n) is 10.2. The van der Waals surface area contributed by atoms with E-state index in [0.29, 0.717) is 11.5 Å². The molecule has 0 N–H and O–H groups in total. The number of hydrogen-bond donors (Lipinski definition) is 0. The summed E-state index contributed by atoms with van der Waals surface area (Å²) in [6, 6.07) is 27.1. The largest absolute Gasteiger partial charge is 0.497 e. The summed E-state index contributed by atoms with van der Waals surface area (Å²) in [5, 5.41) is 0. The fourth-order valence-corrected chi connectivity index (χ4v) is 4.73. The van der Waals surface area contributed by atoms with E-state index in [4.69, 9.17) is 9.47 Å². The number of hydrogen-bond acceptors (Lipinski definition) is 4. The smallest absolute Gasteiger partial charge is 0.206 e. The van der Waals surface area contributed by atoms with Crippen molar-refractivity contribution in [3.8, 4) is 28.4 Å². The molecule has 162 valence electrons. The Bertz CT molecular complexity index is 1320. The molecule has 0 atom stereocenters. The summed E-state index contributed by atoms with van der Waals surface area (Å²) in [4.78, 5) is 0.515. The summed E-state index contributed by atoms with van der Waals surface area (Å²) in [5.74, 6) is 2.08. The molecule has 0 fully saturated rings. The maximum atomic E-state index is 12.8. The van der Waals surface area contributed by atoms with Crippen molar-refractivity contribution in [3.63, 3.8) is 0 Å². The molecule has 0 saturated heterocycles. The average Bonchev–Trinajstić information content (AvgIpc) is 2.80. The fourth-order valence-electron chi connectivity index (χ4n) is 3.47. The molecule has 0 aromatic heterocycles. The summed E-state index contributed by atoms with van der Waals surface area (Å²) in [7, 11) is -1.91. The Hall–Kier alpha value is -3.57. The molecule has 0 amide bonds. The summed E-state index contributed by atoms with van der Waals surface area (Å²) in [6.07, 6.45) is 0. The van der Waals surface area contributed by atoms with Gasteiger partial charge in [-0.05, 0) is 91.2 Å². The molecule has 0 saturated carbocycles. The standard InChI is InChI=1S/C27H24O4S/c1-19-4-13-25(14-5-19)32(28,29)26-15-10-23(11-16-26)31-24-12-17-27(20(2)18-24)21-6-8-22(30-3)9-7-21/h4-18H,1-3H3. The molecule has 4 rings (SSSR count). The third-order valence-corrected chi connectivity index (χ3v) is 7.09. The van der Waals surface area contributed by atoms with Crippen LogP contribution < -0.4 is 9.47 Å². The van der Waals surface area contributed by atoms with Crippen molar-refractivity contribution in [2.75, 3.05) is 7.11 Å². The van der Waals surface area contributed by atoms with Crippen LogP contribution in [0.5, 0.6) is 17.2 Å². The van der Waals surface area contributed by atoms with E-state index in [9.17, 15) is 8.42 Å². The predicted octanol–water partition coefficient (Wildman–Crippen LogP) is 6.60. The molecule has 32 heavy (non-hydrogen) atoms. The lowest BCUT2D eigenvalue weighted by Crippen LogP contribution is -2.01. The third-order valence-electron chi connectivity index (χ3n) is 5.30. The normalized spacial score (nSPS) is 11.2. The van der Waals surface area contributed by atoms with Crippen LogP contribution in [0, 0.1) is 13.8 Å². The first-order valence-corrected chi connectivity index (χ1v) is 11.7. The van der Waals surface area contributed by atoms with E-state index in [1.807, 2.05) is 56.3 Å². The van der Waals surface area contributed by atoms with Crippen LogP contribution in [0.1, 0.15) is 11.1 Å². The summed E-state index contributed by atoms with van der Waals surface area (Å²) in [6.45, 7) is 3.96. The Morgan fingerprint density at radius 1 is 0.625 bits per heavy atom. The van der Waals surface area contributed by atoms with Gasteiger partial charge >= 0.3 is 0 Å². The Balaban J connectivity index is 1.52. The second-order valence-corrected chi connectivity index (χ2v) is 9.54. The van der Waals surface area contributed by atoms with Crippen molar-refractivity contribution in [2.45, 2.75) is 23.6 Å². The lowest BCUT2D eigenvalue weighted by atomic mass is 10.0. The Morgan fingerprint density at radius 2 is 1.16 bits per heavy atom. The predicted molar refractivity (Wildman–Crippen MR) is 126 cm³/mol. The van der Waals surface area contributed by atoms with E-state index < -0.39 is 9.84 Å². The maximum absolute atomic E-state index is 12.8. The Labute approximate surface area is 189 Å². The van der Waals surface area contributed by atoms with Crippen molar-refractivity contribution in [2.24, 2.45) is 0 Å². The first-order chi connectivity index (χ1) is 15.4. The minimum atomic E-state index is -3.56. The number of benzene rings is 4. The van der Waals surface area contributed by atoms with Gasteiger partial charge in [-0.1, -0.05) is 35.9 Å². The molecule has 0 heterocycles. The number of sulfone groups is 1. The van der Waals surface area contributed by atoms with E-state index in [1.54, 1.807) is 55.6 Å². The highest BCUT2D eigenvalue weighted by Gasteiger charge is 2.17. The highest BCUT2D eigenvalue weighted by Crippen LogP contribution is 2.31. The molecule has 0 radical (unpaired) electrons. The topological polar surface area (TPSA) is 52.6 Å². The molecule has 5 heteroatoms. The molecular weight excluding hydrogens is 420 g/mol. The molecule has 4 nitrogen and oxygen atoms in total. The quantitative estimate of drug-likeness (QED) is 0.336. The van der Waals surface area contributed by atoms with Gasteiger partial charge < -0.3 is 9.47 Å². The Kier molecular flexibility index (Phi) is 6.01. The van der Waals surface area contributed by atoms with E-state index in [-0.39, 0.29) is 9.79 Å². The SMILES string of the molecule is COc1ccc(-c2ccc(Oc3ccc(S(=O)(=O)c4ccc(C)cc4)cc3)cc2C)cc1. The number of aryl methyl sites for hydroxylation is 2. The zero-order valence-corrected chi connectivity index (χ0v) is 19.0. The maximum Gasteiger partial charge on any atom is 0.206 e. The third kappa shape index (κ3) is 4.53. The van der Waals surface area contributed by atoms with Gasteiger partial charge in [0.15, 0.2) is 0 Å². The monoisotopic (exact) mass is 444 g/mol. The molecule has 0 spiro atoms. The van der Waals surface area contributed by atoms with Crippen molar-refractivity contribution < 1.29 is 17.9 Å². The van der Waals surface area contributed by atoms with Gasteiger partial charge in [-0.15, -0.1) is 0 Å². The van der Waals surface area contributed by atoms with Crippen LogP contribution in [-0.4, -0.2) is 15.5 Å². The van der Waals surface area contributed by atoms with Gasteiger partial charge in [-0.25, -0.2) is 8.42 Å². The zero-order valence-electron chi connectivity index (χ0n) is 18.2. The lowest BCUT2D eigenvalue weighted by molar-refractivity contribution is 0.415. The molecule has 0 aliphatic heterocycles. The highest BCUT2D eigenvalue weighted by atomic mass is 32.2. The number of rotatable bonds is 6. The molecule has 4 aromatic rings. The van der Waals surface area contributed by atoms with Crippen molar-refractivity contribution >= 4 is 9.84 Å². The average molecular weight is 445 g/mol. The minimum absolute atomic E-state index is 0.236. The summed E-state index contributed by atoms with van der Waals surface area (Å²) >= 11 is 0. The number of methoxy groups -OCH3 is 1. The highest BCUT2D eigenvalue weighted by molar-refractivity contribution is 7.91. The zero-order chi connectivity index (χ0) is 22.7. The summed E-state index contributed by atoms with van der Waals surface area (Å²) in [5.41, 5.74) is 4.30. The van der Waals surface area contributed by atoms with Crippen LogP contribution in [0.15, 0.2) is 101 Å². The van der Waals surface area contributed by atoms with Gasteiger partial charge in [0.05, 0.1) is 16.9 Å². The molecule has 0 unspecified atom stereocenters. The summed E-state index contributed by atoms with van der Waals surface area (Å²) < 4.78 is 36.8. The minimum Gasteiger partial charge on any atom is -0.497 e. The van der Waals surface area contributed by atoms with Crippen LogP contribution in [0.25, 0.3) is 11.1 Å². The van der Waals surface area contributed by atoms with Gasteiger partial charge in [-0.2, -0.15) is 0 Å². The second kappa shape index (κ2) is 8.89. The van der Waals surface area contributed by atoms with E-state index in [2.05, 4.69) is 0 Å². The van der Waals surface area contributed by atoms with Crippen LogP contribution in [0.4, 0.5) is 0 Å². The van der Waals surface area contributed by atoms with Crippen LogP contribution in [0.2, 0.25) is 0 Å². The van der Waals surface area contributed by atoms with Gasteiger partial charge in [0.25, 0.3) is 0 Å². The van der Waals surface area contributed by atoms with Crippen LogP contribution >= 0.6 is 0 Å². The molecule has 0 aliphatic carbocycles. The van der Waals surface area contributed by atoms with Gasteiger partial charge in [0, 0.05) is 0 Å². The van der Waals surface area contributed by atoms with Crippen LogP contribution in [-0.2, 0) is 9.84 Å². The van der Waals surface area contributed by atoms with Gasteiger partial charge in [0.1, 0.15) is 17.2 Å².